The van der Waals surface area contributed by atoms with Crippen LogP contribution in [0.15, 0.2) is 53.5 Å². The van der Waals surface area contributed by atoms with Crippen molar-refractivity contribution in [2.45, 2.75) is 26.2 Å². The summed E-state index contributed by atoms with van der Waals surface area (Å²) in [5.41, 5.74) is 4.50. The molecule has 1 aromatic heterocycles. The third-order valence-electron chi connectivity index (χ3n) is 5.82. The summed E-state index contributed by atoms with van der Waals surface area (Å²) in [5.74, 6) is 3.12. The van der Waals surface area contributed by atoms with Gasteiger partial charge in [0.2, 0.25) is 0 Å². The van der Waals surface area contributed by atoms with E-state index in [0.717, 1.165) is 59.8 Å². The van der Waals surface area contributed by atoms with Crippen molar-refractivity contribution in [3.05, 3.63) is 54.1 Å². The van der Waals surface area contributed by atoms with E-state index in [2.05, 4.69) is 53.2 Å². The summed E-state index contributed by atoms with van der Waals surface area (Å²) in [5, 5.41) is 1.15. The van der Waals surface area contributed by atoms with Crippen LogP contribution < -0.4 is 9.64 Å². The Morgan fingerprint density at radius 1 is 1.03 bits per heavy atom. The molecular weight excluding hydrogens is 360 g/mol. The van der Waals surface area contributed by atoms with Crippen LogP contribution in [0.25, 0.3) is 10.9 Å². The smallest absolute Gasteiger partial charge is 0.139 e. The van der Waals surface area contributed by atoms with Crippen molar-refractivity contribution in [3.8, 4) is 5.75 Å². The van der Waals surface area contributed by atoms with Crippen molar-refractivity contribution >= 4 is 33.9 Å². The van der Waals surface area contributed by atoms with E-state index in [1.54, 1.807) is 0 Å². The van der Waals surface area contributed by atoms with Gasteiger partial charge in [-0.1, -0.05) is 18.2 Å². The molecule has 29 heavy (non-hydrogen) atoms. The van der Waals surface area contributed by atoms with Gasteiger partial charge in [-0.05, 0) is 50.1 Å². The number of pyridine rings is 1. The number of likely N-dealkylation sites (tertiary alicyclic amines) is 1. The summed E-state index contributed by atoms with van der Waals surface area (Å²) in [6, 6.07) is 16.7. The molecule has 0 aliphatic carbocycles. The van der Waals surface area contributed by atoms with Crippen LogP contribution in [0.3, 0.4) is 0 Å². The standard InChI is InChI=1S/C24H26N4O/c1-3-29-18-12-10-17(11-13-18)28-16-14-20-23(26-22-9-6-15-27(22)2)19-7-4-5-8-21(19)25-24(20)28/h4-5,7-8,10-13H,3,6,9,14-16H2,1-2H3. The molecule has 0 N–H and O–H groups in total. The predicted octanol–water partition coefficient (Wildman–Crippen LogP) is 5.08. The Morgan fingerprint density at radius 3 is 2.62 bits per heavy atom. The molecule has 148 valence electrons. The molecule has 2 aromatic carbocycles. The van der Waals surface area contributed by atoms with E-state index >= 15 is 0 Å². The third kappa shape index (κ3) is 3.20. The summed E-state index contributed by atoms with van der Waals surface area (Å²) >= 11 is 0. The quantitative estimate of drug-likeness (QED) is 0.627. The van der Waals surface area contributed by atoms with Gasteiger partial charge in [0.05, 0.1) is 17.8 Å². The van der Waals surface area contributed by atoms with Crippen molar-refractivity contribution in [1.82, 2.24) is 9.88 Å². The van der Waals surface area contributed by atoms with Crippen molar-refractivity contribution in [3.63, 3.8) is 0 Å². The van der Waals surface area contributed by atoms with E-state index in [4.69, 9.17) is 14.7 Å². The van der Waals surface area contributed by atoms with Crippen LogP contribution in [-0.4, -0.2) is 42.5 Å². The maximum atomic E-state index is 5.60. The van der Waals surface area contributed by atoms with Gasteiger partial charge in [-0.3, -0.25) is 0 Å². The lowest BCUT2D eigenvalue weighted by molar-refractivity contribution is 0.340. The lowest BCUT2D eigenvalue weighted by Crippen LogP contribution is -2.18. The Kier molecular flexibility index (Phi) is 4.58. The van der Waals surface area contributed by atoms with E-state index in [1.807, 2.05) is 19.1 Å². The molecule has 1 saturated heterocycles. The Morgan fingerprint density at radius 2 is 1.86 bits per heavy atom. The van der Waals surface area contributed by atoms with Gasteiger partial charge in [0, 0.05) is 43.2 Å². The van der Waals surface area contributed by atoms with Crippen LogP contribution >= 0.6 is 0 Å². The minimum Gasteiger partial charge on any atom is -0.494 e. The number of rotatable bonds is 4. The highest BCUT2D eigenvalue weighted by Gasteiger charge is 2.27. The first-order valence-corrected chi connectivity index (χ1v) is 10.5. The highest BCUT2D eigenvalue weighted by atomic mass is 16.5. The zero-order chi connectivity index (χ0) is 19.8. The van der Waals surface area contributed by atoms with Crippen molar-refractivity contribution in [2.24, 2.45) is 4.99 Å². The number of benzene rings is 2. The van der Waals surface area contributed by atoms with Gasteiger partial charge in [-0.2, -0.15) is 0 Å². The van der Waals surface area contributed by atoms with Gasteiger partial charge in [0.15, 0.2) is 0 Å². The third-order valence-corrected chi connectivity index (χ3v) is 5.82. The van der Waals surface area contributed by atoms with Crippen molar-refractivity contribution in [1.29, 1.82) is 0 Å². The van der Waals surface area contributed by atoms with Crippen molar-refractivity contribution in [2.75, 3.05) is 31.6 Å². The number of nitrogens with zero attached hydrogens (tertiary/aromatic N) is 4. The maximum Gasteiger partial charge on any atom is 0.139 e. The zero-order valence-corrected chi connectivity index (χ0v) is 17.1. The number of aliphatic imine (C=N–C) groups is 1. The van der Waals surface area contributed by atoms with E-state index in [0.29, 0.717) is 6.61 Å². The molecule has 0 amide bonds. The predicted molar refractivity (Wildman–Crippen MR) is 119 cm³/mol. The van der Waals surface area contributed by atoms with E-state index < -0.39 is 0 Å². The average Bonchev–Trinajstić information content (AvgIpc) is 3.35. The van der Waals surface area contributed by atoms with E-state index in [-0.39, 0.29) is 0 Å². The second-order valence-electron chi connectivity index (χ2n) is 7.66. The largest absolute Gasteiger partial charge is 0.494 e. The minimum absolute atomic E-state index is 0.678. The van der Waals surface area contributed by atoms with Crippen LogP contribution in [0.2, 0.25) is 0 Å². The summed E-state index contributed by atoms with van der Waals surface area (Å²) in [4.78, 5) is 14.8. The lowest BCUT2D eigenvalue weighted by Gasteiger charge is -2.20. The molecular formula is C24H26N4O. The number of fused-ring (bicyclic) bond motifs is 2. The number of anilines is 2. The number of para-hydroxylation sites is 1. The SMILES string of the molecule is CCOc1ccc(N2CCc3c2nc2ccccc2c3N=C2CCCN2C)cc1. The van der Waals surface area contributed by atoms with E-state index in [1.165, 1.54) is 17.8 Å². The maximum absolute atomic E-state index is 5.60. The molecule has 0 spiro atoms. The second kappa shape index (κ2) is 7.39. The molecule has 3 heterocycles. The molecule has 2 aliphatic heterocycles. The first-order valence-electron chi connectivity index (χ1n) is 10.5. The molecule has 5 nitrogen and oxygen atoms in total. The number of hydrogen-bond donors (Lipinski definition) is 0. The normalized spacial score (nSPS) is 17.4. The molecule has 5 rings (SSSR count). The van der Waals surface area contributed by atoms with Crippen LogP contribution in [0, 0.1) is 0 Å². The number of ether oxygens (including phenoxy) is 1. The molecule has 0 bridgehead atoms. The van der Waals surface area contributed by atoms with Gasteiger partial charge < -0.3 is 14.5 Å². The average molecular weight is 386 g/mol. The molecule has 1 fully saturated rings. The van der Waals surface area contributed by atoms with Crippen molar-refractivity contribution < 1.29 is 4.74 Å². The molecule has 5 heteroatoms. The van der Waals surface area contributed by atoms with Gasteiger partial charge >= 0.3 is 0 Å². The van der Waals surface area contributed by atoms with Gasteiger partial charge in [-0.15, -0.1) is 0 Å². The second-order valence-corrected chi connectivity index (χ2v) is 7.66. The molecule has 3 aromatic rings. The Bertz CT molecular complexity index is 1070. The topological polar surface area (TPSA) is 41.0 Å². The lowest BCUT2D eigenvalue weighted by atomic mass is 10.1. The summed E-state index contributed by atoms with van der Waals surface area (Å²) < 4.78 is 5.60. The minimum atomic E-state index is 0.678. The summed E-state index contributed by atoms with van der Waals surface area (Å²) in [6.45, 7) is 4.69. The first kappa shape index (κ1) is 18.0. The fraction of sp³-hybridized carbons (Fsp3) is 0.333. The number of hydrogen-bond acceptors (Lipinski definition) is 4. The molecule has 0 atom stereocenters. The Labute approximate surface area is 171 Å². The van der Waals surface area contributed by atoms with E-state index in [9.17, 15) is 0 Å². The fourth-order valence-electron chi connectivity index (χ4n) is 4.34. The highest BCUT2D eigenvalue weighted by molar-refractivity contribution is 5.99. The van der Waals surface area contributed by atoms with Crippen LogP contribution in [0.4, 0.5) is 17.2 Å². The van der Waals surface area contributed by atoms with Gasteiger partial charge in [0.25, 0.3) is 0 Å². The number of aromatic nitrogens is 1. The number of amidine groups is 1. The van der Waals surface area contributed by atoms with Crippen LogP contribution in [0.1, 0.15) is 25.3 Å². The molecule has 0 radical (unpaired) electrons. The van der Waals surface area contributed by atoms with Crippen LogP contribution in [0.5, 0.6) is 5.75 Å². The monoisotopic (exact) mass is 386 g/mol. The highest BCUT2D eigenvalue weighted by Crippen LogP contribution is 2.42. The molecule has 0 unspecified atom stereocenters. The summed E-state index contributed by atoms with van der Waals surface area (Å²) in [6.07, 6.45) is 3.18. The molecule has 2 aliphatic rings. The van der Waals surface area contributed by atoms with Gasteiger partial charge in [0.1, 0.15) is 17.4 Å². The first-order chi connectivity index (χ1) is 14.2. The van der Waals surface area contributed by atoms with Crippen LogP contribution in [-0.2, 0) is 6.42 Å². The molecule has 0 saturated carbocycles. The van der Waals surface area contributed by atoms with Gasteiger partial charge in [-0.25, -0.2) is 9.98 Å². The zero-order valence-electron chi connectivity index (χ0n) is 17.1. The fourth-order valence-corrected chi connectivity index (χ4v) is 4.34. The Hall–Kier alpha value is -3.08. The summed E-state index contributed by atoms with van der Waals surface area (Å²) in [7, 11) is 2.14. The Balaban J connectivity index is 1.62.